The Morgan fingerprint density at radius 1 is 1.08 bits per heavy atom. The summed E-state index contributed by atoms with van der Waals surface area (Å²) in [6, 6.07) is 7.59. The van der Waals surface area contributed by atoms with Gasteiger partial charge in [-0.3, -0.25) is 9.59 Å². The lowest BCUT2D eigenvalue weighted by Crippen LogP contribution is -2.34. The third-order valence-electron chi connectivity index (χ3n) is 5.04. The van der Waals surface area contributed by atoms with Crippen molar-refractivity contribution in [2.24, 2.45) is 0 Å². The maximum absolute atomic E-state index is 12.9. The fourth-order valence-corrected chi connectivity index (χ4v) is 3.34. The van der Waals surface area contributed by atoms with Gasteiger partial charge in [0.15, 0.2) is 5.78 Å². The predicted molar refractivity (Wildman–Crippen MR) is 93.8 cm³/mol. The van der Waals surface area contributed by atoms with Crippen LogP contribution in [0.3, 0.4) is 0 Å². The van der Waals surface area contributed by atoms with Crippen molar-refractivity contribution in [3.05, 3.63) is 58.7 Å². The van der Waals surface area contributed by atoms with Crippen molar-refractivity contribution in [1.29, 1.82) is 0 Å². The molecular formula is C20H21N3O2. The zero-order chi connectivity index (χ0) is 17.4. The SMILES string of the molecule is CC(=O)c1ccc2c(c1)CCN(C(=O)c1ccnc(C3CC3)n1)CC2. The molecule has 0 atom stereocenters. The van der Waals surface area contributed by atoms with E-state index in [-0.39, 0.29) is 11.7 Å². The summed E-state index contributed by atoms with van der Waals surface area (Å²) < 4.78 is 0. The number of Topliss-reactive ketones (excluding diaryl/α,β-unsaturated/α-hetero) is 1. The Balaban J connectivity index is 1.52. The van der Waals surface area contributed by atoms with Gasteiger partial charge in [-0.25, -0.2) is 9.97 Å². The van der Waals surface area contributed by atoms with Gasteiger partial charge < -0.3 is 4.90 Å². The van der Waals surface area contributed by atoms with Crippen LogP contribution in [-0.2, 0) is 12.8 Å². The Kier molecular flexibility index (Phi) is 4.07. The van der Waals surface area contributed by atoms with Crippen molar-refractivity contribution in [3.8, 4) is 0 Å². The number of ketones is 1. The van der Waals surface area contributed by atoms with Crippen LogP contribution < -0.4 is 0 Å². The number of carbonyl (C=O) groups excluding carboxylic acids is 2. The Labute approximate surface area is 147 Å². The van der Waals surface area contributed by atoms with E-state index in [4.69, 9.17) is 0 Å². The predicted octanol–water partition coefficient (Wildman–Crippen LogP) is 2.80. The number of rotatable bonds is 3. The zero-order valence-electron chi connectivity index (χ0n) is 14.4. The molecule has 2 aliphatic rings. The van der Waals surface area contributed by atoms with Gasteiger partial charge in [0.1, 0.15) is 11.5 Å². The minimum absolute atomic E-state index is 0.0242. The lowest BCUT2D eigenvalue weighted by atomic mass is 9.99. The standard InChI is InChI=1S/C20H21N3O2/c1-13(24)16-5-2-14-7-10-23(11-8-17(14)12-16)20(25)18-6-9-21-19(22-18)15-3-4-15/h2,5-6,9,12,15H,3-4,7-8,10-11H2,1H3. The summed E-state index contributed by atoms with van der Waals surface area (Å²) in [5, 5.41) is 0. The summed E-state index contributed by atoms with van der Waals surface area (Å²) in [6.07, 6.45) is 5.51. The van der Waals surface area contributed by atoms with Crippen LogP contribution in [-0.4, -0.2) is 39.6 Å². The molecular weight excluding hydrogens is 314 g/mol. The molecule has 25 heavy (non-hydrogen) atoms. The van der Waals surface area contributed by atoms with Crippen LogP contribution in [0.15, 0.2) is 30.5 Å². The number of fused-ring (bicyclic) bond motifs is 1. The fraction of sp³-hybridized carbons (Fsp3) is 0.400. The van der Waals surface area contributed by atoms with Crippen LogP contribution in [0.1, 0.15) is 63.5 Å². The molecule has 5 nitrogen and oxygen atoms in total. The van der Waals surface area contributed by atoms with Gasteiger partial charge in [-0.2, -0.15) is 0 Å². The van der Waals surface area contributed by atoms with Crippen LogP contribution >= 0.6 is 0 Å². The average Bonchev–Trinajstić information content (AvgIpc) is 3.47. The molecule has 1 amide bonds. The lowest BCUT2D eigenvalue weighted by Gasteiger charge is -2.19. The third kappa shape index (κ3) is 3.31. The van der Waals surface area contributed by atoms with E-state index in [1.807, 2.05) is 23.1 Å². The Morgan fingerprint density at radius 3 is 2.56 bits per heavy atom. The van der Waals surface area contributed by atoms with E-state index in [0.717, 1.165) is 37.1 Å². The van der Waals surface area contributed by atoms with Gasteiger partial charge in [-0.1, -0.05) is 12.1 Å². The second kappa shape index (κ2) is 6.39. The molecule has 1 aliphatic carbocycles. The topological polar surface area (TPSA) is 63.2 Å². The molecule has 0 saturated heterocycles. The fourth-order valence-electron chi connectivity index (χ4n) is 3.34. The molecule has 1 aromatic carbocycles. The summed E-state index contributed by atoms with van der Waals surface area (Å²) in [6.45, 7) is 2.91. The van der Waals surface area contributed by atoms with Crippen molar-refractivity contribution >= 4 is 11.7 Å². The van der Waals surface area contributed by atoms with E-state index >= 15 is 0 Å². The highest BCUT2D eigenvalue weighted by Gasteiger charge is 2.28. The van der Waals surface area contributed by atoms with Crippen molar-refractivity contribution in [3.63, 3.8) is 0 Å². The molecule has 1 aromatic heterocycles. The highest BCUT2D eigenvalue weighted by Crippen LogP contribution is 2.37. The molecule has 4 rings (SSSR count). The van der Waals surface area contributed by atoms with Crippen LogP contribution in [0.4, 0.5) is 0 Å². The smallest absolute Gasteiger partial charge is 0.272 e. The maximum Gasteiger partial charge on any atom is 0.272 e. The first-order valence-corrected chi connectivity index (χ1v) is 8.87. The summed E-state index contributed by atoms with van der Waals surface area (Å²) in [7, 11) is 0. The number of benzene rings is 1. The van der Waals surface area contributed by atoms with Gasteiger partial charge in [0.25, 0.3) is 5.91 Å². The van der Waals surface area contributed by atoms with E-state index in [1.165, 1.54) is 11.1 Å². The highest BCUT2D eigenvalue weighted by molar-refractivity contribution is 5.94. The van der Waals surface area contributed by atoms with Gasteiger partial charge in [0, 0.05) is 30.8 Å². The molecule has 2 heterocycles. The van der Waals surface area contributed by atoms with Crippen LogP contribution in [0.25, 0.3) is 0 Å². The van der Waals surface area contributed by atoms with Crippen molar-refractivity contribution in [2.45, 2.75) is 38.5 Å². The van der Waals surface area contributed by atoms with E-state index < -0.39 is 0 Å². The minimum Gasteiger partial charge on any atom is -0.337 e. The van der Waals surface area contributed by atoms with Gasteiger partial charge in [-0.05, 0) is 55.9 Å². The second-order valence-electron chi connectivity index (χ2n) is 6.91. The van der Waals surface area contributed by atoms with E-state index in [9.17, 15) is 9.59 Å². The zero-order valence-corrected chi connectivity index (χ0v) is 14.4. The molecule has 128 valence electrons. The van der Waals surface area contributed by atoms with Crippen molar-refractivity contribution in [2.75, 3.05) is 13.1 Å². The molecule has 0 unspecified atom stereocenters. The van der Waals surface area contributed by atoms with Crippen molar-refractivity contribution in [1.82, 2.24) is 14.9 Å². The van der Waals surface area contributed by atoms with E-state index in [2.05, 4.69) is 9.97 Å². The molecule has 5 heteroatoms. The normalized spacial score (nSPS) is 16.9. The quantitative estimate of drug-likeness (QED) is 0.809. The molecule has 0 N–H and O–H groups in total. The molecule has 1 aliphatic heterocycles. The third-order valence-corrected chi connectivity index (χ3v) is 5.04. The monoisotopic (exact) mass is 335 g/mol. The largest absolute Gasteiger partial charge is 0.337 e. The van der Waals surface area contributed by atoms with Crippen LogP contribution in [0, 0.1) is 0 Å². The summed E-state index contributed by atoms with van der Waals surface area (Å²) in [4.78, 5) is 35.1. The Hall–Kier alpha value is -2.56. The van der Waals surface area contributed by atoms with Crippen LogP contribution in [0.5, 0.6) is 0 Å². The van der Waals surface area contributed by atoms with Crippen molar-refractivity contribution < 1.29 is 9.59 Å². The first-order chi connectivity index (χ1) is 12.1. The summed E-state index contributed by atoms with van der Waals surface area (Å²) in [5.74, 6) is 1.29. The average molecular weight is 335 g/mol. The Morgan fingerprint density at radius 2 is 1.84 bits per heavy atom. The van der Waals surface area contributed by atoms with E-state index in [0.29, 0.717) is 24.7 Å². The molecule has 1 saturated carbocycles. The molecule has 0 radical (unpaired) electrons. The first kappa shape index (κ1) is 15.9. The van der Waals surface area contributed by atoms with Gasteiger partial charge >= 0.3 is 0 Å². The molecule has 1 fully saturated rings. The minimum atomic E-state index is -0.0242. The molecule has 0 spiro atoms. The number of aromatic nitrogens is 2. The number of hydrogen-bond acceptors (Lipinski definition) is 4. The van der Waals surface area contributed by atoms with E-state index in [1.54, 1.807) is 19.2 Å². The Bertz CT molecular complexity index is 843. The molecule has 2 aromatic rings. The van der Waals surface area contributed by atoms with Gasteiger partial charge in [0.2, 0.25) is 0 Å². The number of nitrogens with zero attached hydrogens (tertiary/aromatic N) is 3. The van der Waals surface area contributed by atoms with Crippen LogP contribution in [0.2, 0.25) is 0 Å². The van der Waals surface area contributed by atoms with Gasteiger partial charge in [-0.15, -0.1) is 0 Å². The second-order valence-corrected chi connectivity index (χ2v) is 6.91. The summed E-state index contributed by atoms with van der Waals surface area (Å²) in [5.41, 5.74) is 3.63. The number of carbonyl (C=O) groups is 2. The lowest BCUT2D eigenvalue weighted by molar-refractivity contribution is 0.0756. The summed E-state index contributed by atoms with van der Waals surface area (Å²) >= 11 is 0. The highest BCUT2D eigenvalue weighted by atomic mass is 16.2. The molecule has 0 bridgehead atoms. The first-order valence-electron chi connectivity index (χ1n) is 8.87. The van der Waals surface area contributed by atoms with Gasteiger partial charge in [0.05, 0.1) is 0 Å². The number of hydrogen-bond donors (Lipinski definition) is 0. The maximum atomic E-state index is 12.9. The number of amides is 1.